The zero-order valence-corrected chi connectivity index (χ0v) is 11.2. The van der Waals surface area contributed by atoms with Crippen molar-refractivity contribution in [3.8, 4) is 12.1 Å². The fourth-order valence-corrected chi connectivity index (χ4v) is 2.35. The third kappa shape index (κ3) is 2.96. The normalized spacial score (nSPS) is 11.4. The molecule has 2 nitrogen and oxygen atoms in total. The van der Waals surface area contributed by atoms with Gasteiger partial charge in [0.05, 0.1) is 23.6 Å². The first-order valence-corrected chi connectivity index (χ1v) is 6.36. The van der Waals surface area contributed by atoms with Crippen LogP contribution in [-0.4, -0.2) is 0 Å². The standard InChI is InChI=1S/C16H10ClFN2/c17-14-5-2-6-15(18)16(14)13(10-20)8-11-3-1-4-12(7-11)9-19/h1-7,13H,8H2. The van der Waals surface area contributed by atoms with Crippen molar-refractivity contribution >= 4 is 11.6 Å². The van der Waals surface area contributed by atoms with Crippen molar-refractivity contribution in [2.45, 2.75) is 12.3 Å². The molecule has 1 atom stereocenters. The Morgan fingerprint density at radius 3 is 2.55 bits per heavy atom. The third-order valence-corrected chi connectivity index (χ3v) is 3.33. The van der Waals surface area contributed by atoms with Crippen LogP contribution >= 0.6 is 11.6 Å². The summed E-state index contributed by atoms with van der Waals surface area (Å²) in [6.07, 6.45) is 0.312. The fraction of sp³-hybridized carbons (Fsp3) is 0.125. The van der Waals surface area contributed by atoms with E-state index in [0.717, 1.165) is 5.56 Å². The van der Waals surface area contributed by atoms with Gasteiger partial charge >= 0.3 is 0 Å². The highest BCUT2D eigenvalue weighted by atomic mass is 35.5. The van der Waals surface area contributed by atoms with Crippen molar-refractivity contribution in [3.05, 3.63) is 70.0 Å². The van der Waals surface area contributed by atoms with Gasteiger partial charge in [0.15, 0.2) is 0 Å². The van der Waals surface area contributed by atoms with Crippen LogP contribution in [0.5, 0.6) is 0 Å². The molecule has 0 N–H and O–H groups in total. The molecule has 0 fully saturated rings. The molecule has 0 bridgehead atoms. The number of benzene rings is 2. The van der Waals surface area contributed by atoms with Crippen LogP contribution in [0.4, 0.5) is 4.39 Å². The SMILES string of the molecule is N#Cc1cccc(CC(C#N)c2c(F)cccc2Cl)c1. The molecule has 0 heterocycles. The highest BCUT2D eigenvalue weighted by molar-refractivity contribution is 6.31. The van der Waals surface area contributed by atoms with Crippen LogP contribution in [-0.2, 0) is 6.42 Å². The lowest BCUT2D eigenvalue weighted by molar-refractivity contribution is 0.600. The highest BCUT2D eigenvalue weighted by Gasteiger charge is 2.19. The summed E-state index contributed by atoms with van der Waals surface area (Å²) in [5.74, 6) is -1.17. The van der Waals surface area contributed by atoms with Gasteiger partial charge in [0.1, 0.15) is 5.82 Å². The van der Waals surface area contributed by atoms with Crippen LogP contribution < -0.4 is 0 Å². The van der Waals surface area contributed by atoms with E-state index in [9.17, 15) is 9.65 Å². The van der Waals surface area contributed by atoms with Crippen molar-refractivity contribution < 1.29 is 4.39 Å². The summed E-state index contributed by atoms with van der Waals surface area (Å²) in [4.78, 5) is 0. The second kappa shape index (κ2) is 6.19. The number of halogens is 2. The van der Waals surface area contributed by atoms with Gasteiger partial charge < -0.3 is 0 Å². The van der Waals surface area contributed by atoms with Crippen LogP contribution in [0, 0.1) is 28.5 Å². The Hall–Kier alpha value is -2.36. The van der Waals surface area contributed by atoms with Crippen LogP contribution in [0.25, 0.3) is 0 Å². The summed E-state index contributed by atoms with van der Waals surface area (Å²) in [5, 5.41) is 18.4. The van der Waals surface area contributed by atoms with E-state index in [1.165, 1.54) is 12.1 Å². The van der Waals surface area contributed by atoms with Crippen molar-refractivity contribution in [3.63, 3.8) is 0 Å². The first-order chi connectivity index (χ1) is 9.65. The maximum Gasteiger partial charge on any atom is 0.129 e. The van der Waals surface area contributed by atoms with E-state index >= 15 is 0 Å². The summed E-state index contributed by atoms with van der Waals surface area (Å²) >= 11 is 5.98. The molecule has 0 radical (unpaired) electrons. The lowest BCUT2D eigenvalue weighted by Crippen LogP contribution is -2.04. The molecule has 0 aliphatic heterocycles. The lowest BCUT2D eigenvalue weighted by Gasteiger charge is -2.12. The minimum Gasteiger partial charge on any atom is -0.207 e. The molecule has 0 amide bonds. The van der Waals surface area contributed by atoms with E-state index in [-0.39, 0.29) is 10.6 Å². The van der Waals surface area contributed by atoms with Gasteiger partial charge in [-0.15, -0.1) is 0 Å². The molecule has 2 rings (SSSR count). The van der Waals surface area contributed by atoms with Crippen molar-refractivity contribution in [1.82, 2.24) is 0 Å². The van der Waals surface area contributed by atoms with Crippen LogP contribution in [0.3, 0.4) is 0 Å². The van der Waals surface area contributed by atoms with E-state index in [1.807, 2.05) is 6.07 Å². The zero-order chi connectivity index (χ0) is 14.5. The van der Waals surface area contributed by atoms with Gasteiger partial charge in [-0.2, -0.15) is 10.5 Å². The molecule has 0 aromatic heterocycles. The molecule has 0 saturated heterocycles. The second-order valence-corrected chi connectivity index (χ2v) is 4.74. The first-order valence-electron chi connectivity index (χ1n) is 5.98. The maximum absolute atomic E-state index is 13.8. The Balaban J connectivity index is 2.35. The van der Waals surface area contributed by atoms with Crippen LogP contribution in [0.1, 0.15) is 22.6 Å². The van der Waals surface area contributed by atoms with Gasteiger partial charge in [0, 0.05) is 10.6 Å². The molecule has 1 unspecified atom stereocenters. The van der Waals surface area contributed by atoms with E-state index in [1.54, 1.807) is 30.3 Å². The Morgan fingerprint density at radius 2 is 1.90 bits per heavy atom. The van der Waals surface area contributed by atoms with Gasteiger partial charge in [-0.05, 0) is 36.2 Å². The average Bonchev–Trinajstić information content (AvgIpc) is 2.46. The van der Waals surface area contributed by atoms with Crippen molar-refractivity contribution in [2.75, 3.05) is 0 Å². The predicted molar refractivity (Wildman–Crippen MR) is 74.6 cm³/mol. The minimum atomic E-state index is -0.683. The van der Waals surface area contributed by atoms with Crippen molar-refractivity contribution in [1.29, 1.82) is 10.5 Å². The molecule has 4 heteroatoms. The smallest absolute Gasteiger partial charge is 0.129 e. The van der Waals surface area contributed by atoms with Gasteiger partial charge in [-0.1, -0.05) is 29.8 Å². The van der Waals surface area contributed by atoms with E-state index < -0.39 is 11.7 Å². The Labute approximate surface area is 121 Å². The molecule has 0 aliphatic rings. The van der Waals surface area contributed by atoms with E-state index in [0.29, 0.717) is 12.0 Å². The third-order valence-electron chi connectivity index (χ3n) is 3.00. The average molecular weight is 285 g/mol. The highest BCUT2D eigenvalue weighted by Crippen LogP contribution is 2.29. The monoisotopic (exact) mass is 284 g/mol. The quantitative estimate of drug-likeness (QED) is 0.848. The summed E-state index contributed by atoms with van der Waals surface area (Å²) < 4.78 is 13.8. The molecule has 0 spiro atoms. The van der Waals surface area contributed by atoms with Gasteiger partial charge in [-0.25, -0.2) is 4.39 Å². The number of nitrogens with zero attached hydrogens (tertiary/aromatic N) is 2. The second-order valence-electron chi connectivity index (χ2n) is 4.33. The van der Waals surface area contributed by atoms with Gasteiger partial charge in [0.2, 0.25) is 0 Å². The summed E-state index contributed by atoms with van der Waals surface area (Å²) in [6.45, 7) is 0. The molecule has 0 saturated carbocycles. The number of hydrogen-bond donors (Lipinski definition) is 0. The van der Waals surface area contributed by atoms with Crippen LogP contribution in [0.2, 0.25) is 5.02 Å². The molecular weight excluding hydrogens is 275 g/mol. The topological polar surface area (TPSA) is 47.6 Å². The summed E-state index contributed by atoms with van der Waals surface area (Å²) in [7, 11) is 0. The maximum atomic E-state index is 13.8. The fourth-order valence-electron chi connectivity index (χ4n) is 2.06. The molecule has 2 aromatic rings. The van der Waals surface area contributed by atoms with Gasteiger partial charge in [0.25, 0.3) is 0 Å². The summed E-state index contributed by atoms with van der Waals surface area (Å²) in [5.41, 5.74) is 1.52. The molecule has 0 aliphatic carbocycles. The Bertz CT molecular complexity index is 693. The predicted octanol–water partition coefficient (Wildman–Crippen LogP) is 4.20. The summed E-state index contributed by atoms with van der Waals surface area (Å²) in [6, 6.07) is 15.4. The first kappa shape index (κ1) is 14.1. The number of hydrogen-bond acceptors (Lipinski definition) is 2. The molecule has 98 valence electrons. The number of nitriles is 2. The van der Waals surface area contributed by atoms with E-state index in [4.69, 9.17) is 16.9 Å². The largest absolute Gasteiger partial charge is 0.207 e. The molecular formula is C16H10ClFN2. The Kier molecular flexibility index (Phi) is 4.35. The molecule has 2 aromatic carbocycles. The Morgan fingerprint density at radius 1 is 1.15 bits per heavy atom. The van der Waals surface area contributed by atoms with Crippen LogP contribution in [0.15, 0.2) is 42.5 Å². The molecule has 20 heavy (non-hydrogen) atoms. The number of rotatable bonds is 3. The zero-order valence-electron chi connectivity index (χ0n) is 10.5. The lowest BCUT2D eigenvalue weighted by atomic mass is 9.92. The van der Waals surface area contributed by atoms with Crippen molar-refractivity contribution in [2.24, 2.45) is 0 Å². The minimum absolute atomic E-state index is 0.207. The van der Waals surface area contributed by atoms with E-state index in [2.05, 4.69) is 6.07 Å². The van der Waals surface area contributed by atoms with Gasteiger partial charge in [-0.3, -0.25) is 0 Å².